The largest absolute Gasteiger partial charge is 0.261 e. The molecule has 0 aliphatic rings. The fourth-order valence-electron chi connectivity index (χ4n) is 7.83. The predicted molar refractivity (Wildman–Crippen MR) is 221 cm³/mol. The van der Waals surface area contributed by atoms with Gasteiger partial charge in [0.2, 0.25) is 0 Å². The van der Waals surface area contributed by atoms with Crippen LogP contribution in [0, 0.1) is 6.92 Å². The van der Waals surface area contributed by atoms with Gasteiger partial charge in [-0.1, -0.05) is 133 Å². The highest BCUT2D eigenvalue weighted by Crippen LogP contribution is 2.42. The van der Waals surface area contributed by atoms with Gasteiger partial charge in [-0.2, -0.15) is 0 Å². The molecule has 2 aromatic heterocycles. The van der Waals surface area contributed by atoms with Crippen LogP contribution in [0.1, 0.15) is 5.69 Å². The highest BCUT2D eigenvalue weighted by Gasteiger charge is 2.17. The molecule has 0 aliphatic heterocycles. The molecule has 0 unspecified atom stereocenters. The molecule has 0 N–H and O–H groups in total. The van der Waals surface area contributed by atoms with Gasteiger partial charge in [0.15, 0.2) is 5.82 Å². The zero-order chi connectivity index (χ0) is 35.3. The Kier molecular flexibility index (Phi) is 7.36. The highest BCUT2D eigenvalue weighted by molar-refractivity contribution is 6.26. The maximum Gasteiger partial charge on any atom is 0.160 e. The number of pyridine rings is 1. The Morgan fingerprint density at radius 3 is 1.68 bits per heavy atom. The zero-order valence-corrected chi connectivity index (χ0v) is 29.2. The van der Waals surface area contributed by atoms with Crippen LogP contribution in [0.3, 0.4) is 0 Å². The summed E-state index contributed by atoms with van der Waals surface area (Å²) in [7, 11) is 0. The Morgan fingerprint density at radius 2 is 0.943 bits per heavy atom. The molecule has 0 amide bonds. The van der Waals surface area contributed by atoms with Crippen molar-refractivity contribution in [2.24, 2.45) is 0 Å². The molecule has 10 rings (SSSR count). The summed E-state index contributed by atoms with van der Waals surface area (Å²) in [5.74, 6) is 0.685. The molecular weight excluding hydrogens is 643 g/mol. The van der Waals surface area contributed by atoms with Gasteiger partial charge in [-0.05, 0) is 110 Å². The molecule has 0 bridgehead atoms. The minimum atomic E-state index is 0.685. The van der Waals surface area contributed by atoms with Crippen molar-refractivity contribution in [2.45, 2.75) is 6.92 Å². The van der Waals surface area contributed by atoms with Crippen LogP contribution in [0.4, 0.5) is 0 Å². The predicted octanol–water partition coefficient (Wildman–Crippen LogP) is 13.1. The van der Waals surface area contributed by atoms with E-state index in [0.29, 0.717) is 5.82 Å². The zero-order valence-electron chi connectivity index (χ0n) is 29.2. The lowest BCUT2D eigenvalue weighted by atomic mass is 9.87. The number of hydrogen-bond acceptors (Lipinski definition) is 3. The van der Waals surface area contributed by atoms with Crippen LogP contribution < -0.4 is 0 Å². The monoisotopic (exact) mass is 675 g/mol. The number of hydrogen-bond donors (Lipinski definition) is 0. The first-order chi connectivity index (χ1) is 26.2. The lowest BCUT2D eigenvalue weighted by molar-refractivity contribution is 1.18. The second kappa shape index (κ2) is 12.7. The van der Waals surface area contributed by atoms with Gasteiger partial charge in [-0.25, -0.2) is 9.97 Å². The molecule has 0 spiro atoms. The number of aromatic nitrogens is 3. The fraction of sp³-hybridized carbons (Fsp3) is 0.0200. The van der Waals surface area contributed by atoms with Crippen LogP contribution in [0.15, 0.2) is 182 Å². The van der Waals surface area contributed by atoms with Gasteiger partial charge in [0, 0.05) is 34.1 Å². The van der Waals surface area contributed by atoms with Crippen LogP contribution >= 0.6 is 0 Å². The summed E-state index contributed by atoms with van der Waals surface area (Å²) in [6, 6.07) is 62.7. The molecule has 0 radical (unpaired) electrons. The minimum Gasteiger partial charge on any atom is -0.261 e. The number of nitrogens with zero attached hydrogens (tertiary/aromatic N) is 3. The average Bonchev–Trinajstić information content (AvgIpc) is 3.23. The van der Waals surface area contributed by atoms with Crippen LogP contribution in [-0.4, -0.2) is 15.0 Å². The molecule has 0 saturated heterocycles. The first-order valence-electron chi connectivity index (χ1n) is 18.0. The van der Waals surface area contributed by atoms with E-state index < -0.39 is 0 Å². The van der Waals surface area contributed by atoms with Crippen LogP contribution in [0.25, 0.3) is 99.6 Å². The van der Waals surface area contributed by atoms with Gasteiger partial charge >= 0.3 is 0 Å². The van der Waals surface area contributed by atoms with Gasteiger partial charge in [0.05, 0.1) is 11.4 Å². The molecule has 8 aromatic carbocycles. The summed E-state index contributed by atoms with van der Waals surface area (Å²) in [5.41, 5.74) is 12.6. The number of benzene rings is 8. The second-order valence-corrected chi connectivity index (χ2v) is 13.7. The van der Waals surface area contributed by atoms with Gasteiger partial charge in [-0.3, -0.25) is 4.98 Å². The third-order valence-electron chi connectivity index (χ3n) is 10.4. The van der Waals surface area contributed by atoms with E-state index in [1.165, 1.54) is 37.9 Å². The molecule has 2 heterocycles. The SMILES string of the molecule is Cc1ncccc1-c1cccc(-c2cc(-c3nc(-c4ccccc4)cc(-c4ccccc4)n3)cc(-c3cc4cccc5ccc6cccc3c6c54)c2)c1. The lowest BCUT2D eigenvalue weighted by Gasteiger charge is -2.17. The summed E-state index contributed by atoms with van der Waals surface area (Å²) in [4.78, 5) is 15.1. The van der Waals surface area contributed by atoms with Gasteiger partial charge in [0.25, 0.3) is 0 Å². The molecule has 0 fully saturated rings. The number of aryl methyl sites for hydroxylation is 1. The number of rotatable bonds is 6. The van der Waals surface area contributed by atoms with Crippen molar-refractivity contribution < 1.29 is 0 Å². The van der Waals surface area contributed by atoms with Crippen molar-refractivity contribution in [3.8, 4) is 67.3 Å². The first-order valence-corrected chi connectivity index (χ1v) is 18.0. The maximum atomic E-state index is 5.26. The van der Waals surface area contributed by atoms with Crippen molar-refractivity contribution in [1.82, 2.24) is 15.0 Å². The molecule has 248 valence electrons. The van der Waals surface area contributed by atoms with Crippen LogP contribution in [-0.2, 0) is 0 Å². The van der Waals surface area contributed by atoms with E-state index in [-0.39, 0.29) is 0 Å². The fourth-order valence-corrected chi connectivity index (χ4v) is 7.83. The molecule has 0 saturated carbocycles. The van der Waals surface area contributed by atoms with Gasteiger partial charge < -0.3 is 0 Å². The van der Waals surface area contributed by atoms with Crippen molar-refractivity contribution in [3.05, 3.63) is 188 Å². The van der Waals surface area contributed by atoms with E-state index in [2.05, 4.69) is 170 Å². The second-order valence-electron chi connectivity index (χ2n) is 13.7. The average molecular weight is 676 g/mol. The van der Waals surface area contributed by atoms with Crippen molar-refractivity contribution in [2.75, 3.05) is 0 Å². The van der Waals surface area contributed by atoms with E-state index in [9.17, 15) is 0 Å². The van der Waals surface area contributed by atoms with Crippen molar-refractivity contribution >= 4 is 32.3 Å². The standard InChI is InChI=1S/C50H33N3/c1-32-43(22-11-25-51-32)38-19-9-18-37(26-38)40-27-41(45-30-39-20-8-16-35-23-24-36-17-10-21-44(45)49(36)48(35)39)29-42(28-40)50-52-46(33-12-4-2-5-13-33)31-47(53-50)34-14-6-3-7-15-34/h2-31H,1H3. The topological polar surface area (TPSA) is 38.7 Å². The quantitative estimate of drug-likeness (QED) is 0.165. The third-order valence-corrected chi connectivity index (χ3v) is 10.4. The molecule has 10 aromatic rings. The first kappa shape index (κ1) is 30.8. The van der Waals surface area contributed by atoms with Gasteiger partial charge in [-0.15, -0.1) is 0 Å². The third kappa shape index (κ3) is 5.51. The van der Waals surface area contributed by atoms with E-state index >= 15 is 0 Å². The molecule has 3 heteroatoms. The smallest absolute Gasteiger partial charge is 0.160 e. The Morgan fingerprint density at radius 1 is 0.358 bits per heavy atom. The highest BCUT2D eigenvalue weighted by atomic mass is 14.9. The van der Waals surface area contributed by atoms with Gasteiger partial charge in [0.1, 0.15) is 0 Å². The summed E-state index contributed by atoms with van der Waals surface area (Å²) in [6.07, 6.45) is 1.85. The lowest BCUT2D eigenvalue weighted by Crippen LogP contribution is -1.97. The summed E-state index contributed by atoms with van der Waals surface area (Å²) in [6.45, 7) is 2.07. The Balaban J connectivity index is 1.25. The maximum absolute atomic E-state index is 5.26. The molecular formula is C50H33N3. The minimum absolute atomic E-state index is 0.685. The molecule has 0 atom stereocenters. The van der Waals surface area contributed by atoms with E-state index in [1.54, 1.807) is 0 Å². The van der Waals surface area contributed by atoms with Crippen LogP contribution in [0.2, 0.25) is 0 Å². The normalized spacial score (nSPS) is 11.5. The molecule has 3 nitrogen and oxygen atoms in total. The Bertz CT molecular complexity index is 2890. The molecule has 0 aliphatic carbocycles. The Hall–Kier alpha value is -6.97. The van der Waals surface area contributed by atoms with E-state index in [4.69, 9.17) is 9.97 Å². The molecule has 53 heavy (non-hydrogen) atoms. The van der Waals surface area contributed by atoms with Crippen molar-refractivity contribution in [3.63, 3.8) is 0 Å². The summed E-state index contributed by atoms with van der Waals surface area (Å²) < 4.78 is 0. The summed E-state index contributed by atoms with van der Waals surface area (Å²) in [5, 5.41) is 7.58. The Labute approximate surface area is 308 Å². The van der Waals surface area contributed by atoms with Crippen LogP contribution in [0.5, 0.6) is 0 Å². The van der Waals surface area contributed by atoms with E-state index in [0.717, 1.165) is 61.6 Å². The van der Waals surface area contributed by atoms with Crippen molar-refractivity contribution in [1.29, 1.82) is 0 Å². The van der Waals surface area contributed by atoms with E-state index in [1.807, 2.05) is 24.4 Å². The summed E-state index contributed by atoms with van der Waals surface area (Å²) >= 11 is 0.